The number of hydrogen-bond acceptors (Lipinski definition) is 5. The van der Waals surface area contributed by atoms with E-state index in [1.807, 2.05) is 4.90 Å². The van der Waals surface area contributed by atoms with Gasteiger partial charge < -0.3 is 23.8 Å². The number of likely N-dealkylation sites (tertiary alicyclic amines) is 1. The molecule has 4 rings (SSSR count). The molecule has 3 heterocycles. The molecular formula is C22H39B2NO5. The van der Waals surface area contributed by atoms with E-state index in [9.17, 15) is 4.79 Å². The highest BCUT2D eigenvalue weighted by atomic mass is 16.6. The minimum absolute atomic E-state index is 0.0893. The number of nitrogens with zero attached hydrogens (tertiary/aromatic N) is 1. The van der Waals surface area contributed by atoms with Crippen molar-refractivity contribution in [1.29, 1.82) is 0 Å². The second-order valence-corrected chi connectivity index (χ2v) is 10.6. The molecule has 0 aromatic carbocycles. The molecule has 0 bridgehead atoms. The smallest absolute Gasteiger partial charge is 0.409 e. The maximum Gasteiger partial charge on any atom is 0.409 e. The van der Waals surface area contributed by atoms with Crippen LogP contribution in [0.25, 0.3) is 0 Å². The first-order valence-electron chi connectivity index (χ1n) is 12.1. The Balaban J connectivity index is 1.47. The Morgan fingerprint density at radius 2 is 2.07 bits per heavy atom. The lowest BCUT2D eigenvalue weighted by Crippen LogP contribution is -2.56. The summed E-state index contributed by atoms with van der Waals surface area (Å²) in [5.74, 6) is 1.63. The fourth-order valence-corrected chi connectivity index (χ4v) is 6.04. The fourth-order valence-electron chi connectivity index (χ4n) is 6.04. The first-order chi connectivity index (χ1) is 14.3. The third-order valence-electron chi connectivity index (χ3n) is 8.56. The van der Waals surface area contributed by atoms with Gasteiger partial charge in [-0.3, -0.25) is 0 Å². The van der Waals surface area contributed by atoms with E-state index in [-0.39, 0.29) is 41.5 Å². The lowest BCUT2D eigenvalue weighted by molar-refractivity contribution is -0.121. The second-order valence-electron chi connectivity index (χ2n) is 10.6. The summed E-state index contributed by atoms with van der Waals surface area (Å²) in [5.41, 5.74) is -0.446. The highest BCUT2D eigenvalue weighted by molar-refractivity contribution is 6.90. The van der Waals surface area contributed by atoms with Gasteiger partial charge in [-0.25, -0.2) is 4.79 Å². The van der Waals surface area contributed by atoms with Crippen LogP contribution in [0.15, 0.2) is 0 Å². The molecule has 168 valence electrons. The number of rotatable bonds is 7. The second kappa shape index (κ2) is 8.32. The molecule has 30 heavy (non-hydrogen) atoms. The monoisotopic (exact) mass is 419 g/mol. The van der Waals surface area contributed by atoms with Crippen molar-refractivity contribution in [3.8, 4) is 0 Å². The number of carbonyl (C=O) groups is 1. The third kappa shape index (κ3) is 3.93. The summed E-state index contributed by atoms with van der Waals surface area (Å²) >= 11 is 0. The van der Waals surface area contributed by atoms with Crippen molar-refractivity contribution in [3.63, 3.8) is 0 Å². The van der Waals surface area contributed by atoms with Crippen molar-refractivity contribution in [1.82, 2.24) is 4.90 Å². The summed E-state index contributed by atoms with van der Waals surface area (Å²) in [5, 5.41) is 0. The number of epoxide rings is 2. The van der Waals surface area contributed by atoms with E-state index < -0.39 is 0 Å². The number of amides is 1. The molecule has 1 spiro atoms. The van der Waals surface area contributed by atoms with Crippen molar-refractivity contribution in [2.75, 3.05) is 20.3 Å². The zero-order chi connectivity index (χ0) is 21.7. The molecule has 8 unspecified atom stereocenters. The quantitative estimate of drug-likeness (QED) is 0.466. The number of ether oxygens (including phenoxy) is 4. The Morgan fingerprint density at radius 1 is 1.33 bits per heavy atom. The number of methoxy groups -OCH3 is 1. The van der Waals surface area contributed by atoms with Gasteiger partial charge in [0.1, 0.15) is 30.6 Å². The Bertz CT molecular complexity index is 645. The molecule has 6 nitrogen and oxygen atoms in total. The van der Waals surface area contributed by atoms with Crippen molar-refractivity contribution >= 4 is 21.0 Å². The summed E-state index contributed by atoms with van der Waals surface area (Å²) in [4.78, 5) is 14.9. The SMILES string of the molecule is BBC1CCCN1C(=O)OC1CCC2(CO2)C(C2(C)OC2CC(C)C(C)C)C1OC. The molecule has 8 atom stereocenters. The molecule has 1 aliphatic carbocycles. The lowest BCUT2D eigenvalue weighted by atomic mass is 9.50. The van der Waals surface area contributed by atoms with E-state index in [1.54, 1.807) is 7.11 Å². The summed E-state index contributed by atoms with van der Waals surface area (Å²) in [6.45, 7) is 10.6. The van der Waals surface area contributed by atoms with Gasteiger partial charge in [-0.1, -0.05) is 20.8 Å². The van der Waals surface area contributed by atoms with Gasteiger partial charge in [-0.2, -0.15) is 0 Å². The van der Waals surface area contributed by atoms with Crippen LogP contribution in [0.5, 0.6) is 0 Å². The molecule has 0 aromatic rings. The number of hydrogen-bond donors (Lipinski definition) is 0. The van der Waals surface area contributed by atoms with Gasteiger partial charge in [-0.15, -0.1) is 0 Å². The van der Waals surface area contributed by atoms with Crippen LogP contribution in [-0.2, 0) is 18.9 Å². The van der Waals surface area contributed by atoms with E-state index in [0.29, 0.717) is 17.8 Å². The van der Waals surface area contributed by atoms with Gasteiger partial charge in [0, 0.05) is 13.7 Å². The Morgan fingerprint density at radius 3 is 2.67 bits per heavy atom. The predicted molar refractivity (Wildman–Crippen MR) is 120 cm³/mol. The van der Waals surface area contributed by atoms with Crippen LogP contribution in [0.4, 0.5) is 4.79 Å². The molecule has 4 aliphatic rings. The van der Waals surface area contributed by atoms with Gasteiger partial charge in [0.05, 0.1) is 26.4 Å². The van der Waals surface area contributed by atoms with Crippen LogP contribution in [0.2, 0.25) is 0 Å². The zero-order valence-electron chi connectivity index (χ0n) is 19.7. The minimum atomic E-state index is -0.273. The van der Waals surface area contributed by atoms with Crippen LogP contribution in [0, 0.1) is 17.8 Å². The zero-order valence-corrected chi connectivity index (χ0v) is 19.7. The van der Waals surface area contributed by atoms with Crippen molar-refractivity contribution in [3.05, 3.63) is 0 Å². The predicted octanol–water partition coefficient (Wildman–Crippen LogP) is 1.93. The maximum absolute atomic E-state index is 13.0. The summed E-state index contributed by atoms with van der Waals surface area (Å²) in [6.07, 6.45) is 4.47. The van der Waals surface area contributed by atoms with E-state index in [2.05, 4.69) is 35.4 Å². The molecule has 0 aromatic heterocycles. The van der Waals surface area contributed by atoms with Gasteiger partial charge in [0.15, 0.2) is 0 Å². The summed E-state index contributed by atoms with van der Waals surface area (Å²) in [6, 6.07) is 0. The van der Waals surface area contributed by atoms with Gasteiger partial charge in [0.2, 0.25) is 0 Å². The first kappa shape index (κ1) is 22.5. The van der Waals surface area contributed by atoms with Crippen molar-refractivity contribution in [2.45, 2.75) is 95.3 Å². The molecular weight excluding hydrogens is 380 g/mol. The highest BCUT2D eigenvalue weighted by Crippen LogP contribution is 2.60. The molecule has 0 radical (unpaired) electrons. The van der Waals surface area contributed by atoms with Gasteiger partial charge >= 0.3 is 6.09 Å². The Labute approximate surface area is 183 Å². The van der Waals surface area contributed by atoms with Crippen molar-refractivity contribution < 1.29 is 23.7 Å². The number of carbonyl (C=O) groups excluding carboxylic acids is 1. The van der Waals surface area contributed by atoms with Crippen LogP contribution in [0.1, 0.15) is 59.8 Å². The average molecular weight is 419 g/mol. The molecule has 8 heteroatoms. The molecule has 0 N–H and O–H groups in total. The molecule has 3 aliphatic heterocycles. The Hall–Kier alpha value is -0.720. The van der Waals surface area contributed by atoms with Crippen LogP contribution in [0.3, 0.4) is 0 Å². The standard InChI is InChI=1S/C22H39B2NO5/c1-13(2)14(3)11-16-21(4,30-16)19-18(27-5)15(8-9-22(19)12-28-22)29-20(26)25-10-6-7-17(25)24-23/h13-19,24H,6-12,23H2,1-5H3. The topological polar surface area (TPSA) is 63.8 Å². The van der Waals surface area contributed by atoms with Gasteiger partial charge in [-0.05, 0) is 56.8 Å². The largest absolute Gasteiger partial charge is 0.443 e. The minimum Gasteiger partial charge on any atom is -0.443 e. The first-order valence-corrected chi connectivity index (χ1v) is 12.1. The summed E-state index contributed by atoms with van der Waals surface area (Å²) in [7, 11) is 4.86. The Kier molecular flexibility index (Phi) is 6.24. The van der Waals surface area contributed by atoms with E-state index in [1.165, 1.54) is 0 Å². The van der Waals surface area contributed by atoms with E-state index >= 15 is 0 Å². The lowest BCUT2D eigenvalue weighted by Gasteiger charge is -2.43. The normalized spacial score (nSPS) is 43.7. The molecule has 4 fully saturated rings. The third-order valence-corrected chi connectivity index (χ3v) is 8.56. The van der Waals surface area contributed by atoms with E-state index in [4.69, 9.17) is 18.9 Å². The average Bonchev–Trinajstić information content (AvgIpc) is 3.55. The van der Waals surface area contributed by atoms with Gasteiger partial charge in [0.25, 0.3) is 0 Å². The molecule has 1 saturated carbocycles. The van der Waals surface area contributed by atoms with Crippen LogP contribution >= 0.6 is 0 Å². The van der Waals surface area contributed by atoms with E-state index in [0.717, 1.165) is 52.4 Å². The highest BCUT2D eigenvalue weighted by Gasteiger charge is 2.72. The maximum atomic E-state index is 13.0. The van der Waals surface area contributed by atoms with Crippen molar-refractivity contribution in [2.24, 2.45) is 17.8 Å². The van der Waals surface area contributed by atoms with Crippen LogP contribution < -0.4 is 0 Å². The molecule has 3 saturated heterocycles. The fraction of sp³-hybridized carbons (Fsp3) is 0.955. The summed E-state index contributed by atoms with van der Waals surface area (Å²) < 4.78 is 24.5. The molecule has 1 amide bonds. The van der Waals surface area contributed by atoms with Crippen LogP contribution in [-0.4, -0.2) is 81.6 Å².